The van der Waals surface area contributed by atoms with E-state index in [0.717, 1.165) is 12.8 Å². The minimum atomic E-state index is -0.149. The van der Waals surface area contributed by atoms with E-state index in [1.165, 1.54) is 38.4 Å². The molecule has 18 heavy (non-hydrogen) atoms. The highest BCUT2D eigenvalue weighted by Crippen LogP contribution is 2.33. The molecule has 0 heterocycles. The maximum atomic E-state index is 11.9. The highest BCUT2D eigenvalue weighted by atomic mass is 16.5. The molecule has 1 unspecified atom stereocenters. The first-order chi connectivity index (χ1) is 8.74. The fraction of sp³-hybridized carbons (Fsp3) is 0.800. The number of rotatable bonds is 4. The highest BCUT2D eigenvalue weighted by Gasteiger charge is 2.31. The van der Waals surface area contributed by atoms with E-state index in [0.29, 0.717) is 12.5 Å². The Kier molecular flexibility index (Phi) is 7.02. The Bertz CT molecular complexity index is 283. The van der Waals surface area contributed by atoms with Gasteiger partial charge in [0.05, 0.1) is 19.6 Å². The first-order valence-electron chi connectivity index (χ1n) is 6.96. The predicted octanol–water partition coefficient (Wildman–Crippen LogP) is 3.34. The van der Waals surface area contributed by atoms with Crippen LogP contribution in [0.1, 0.15) is 45.4 Å². The Hall–Kier alpha value is -0.830. The van der Waals surface area contributed by atoms with E-state index in [9.17, 15) is 4.79 Å². The van der Waals surface area contributed by atoms with Gasteiger partial charge in [-0.05, 0) is 32.1 Å². The van der Waals surface area contributed by atoms with Crippen molar-refractivity contribution in [2.24, 2.45) is 11.8 Å². The highest BCUT2D eigenvalue weighted by molar-refractivity contribution is 5.73. The average Bonchev–Trinajstić information content (AvgIpc) is 2.36. The topological polar surface area (TPSA) is 35.5 Å². The number of methoxy groups -OCH3 is 2. The van der Waals surface area contributed by atoms with Crippen LogP contribution in [0.5, 0.6) is 0 Å². The van der Waals surface area contributed by atoms with Crippen molar-refractivity contribution in [1.29, 1.82) is 0 Å². The van der Waals surface area contributed by atoms with Crippen LogP contribution in [0.25, 0.3) is 0 Å². The fourth-order valence-electron chi connectivity index (χ4n) is 2.92. The first kappa shape index (κ1) is 15.2. The Morgan fingerprint density at radius 1 is 1.33 bits per heavy atom. The lowest BCUT2D eigenvalue weighted by atomic mass is 9.78. The van der Waals surface area contributed by atoms with Crippen LogP contribution in [0.15, 0.2) is 11.6 Å². The number of carbonyl (C=O) groups is 1. The lowest BCUT2D eigenvalue weighted by Gasteiger charge is -2.29. The first-order valence-corrected chi connectivity index (χ1v) is 6.96. The maximum absolute atomic E-state index is 11.9. The molecule has 1 saturated carbocycles. The van der Waals surface area contributed by atoms with E-state index < -0.39 is 0 Å². The molecule has 0 saturated heterocycles. The molecule has 3 heteroatoms. The summed E-state index contributed by atoms with van der Waals surface area (Å²) < 4.78 is 10.2. The maximum Gasteiger partial charge on any atom is 0.311 e. The van der Waals surface area contributed by atoms with Crippen molar-refractivity contribution in [1.82, 2.24) is 0 Å². The van der Waals surface area contributed by atoms with Crippen molar-refractivity contribution in [3.63, 3.8) is 0 Å². The van der Waals surface area contributed by atoms with Gasteiger partial charge in [0.25, 0.3) is 0 Å². The zero-order valence-corrected chi connectivity index (χ0v) is 11.9. The number of esters is 1. The van der Waals surface area contributed by atoms with E-state index in [1.54, 1.807) is 7.11 Å². The third-order valence-electron chi connectivity index (χ3n) is 3.91. The molecular weight excluding hydrogens is 228 g/mol. The summed E-state index contributed by atoms with van der Waals surface area (Å²) in [6, 6.07) is 0. The molecule has 0 bridgehead atoms. The lowest BCUT2D eigenvalue weighted by Crippen LogP contribution is -2.31. The largest absolute Gasteiger partial charge is 0.469 e. The van der Waals surface area contributed by atoms with Crippen molar-refractivity contribution in [3.8, 4) is 0 Å². The molecular formula is C15H26O3. The summed E-state index contributed by atoms with van der Waals surface area (Å²) in [5.74, 6) is 0.00812. The molecule has 3 nitrogen and oxygen atoms in total. The predicted molar refractivity (Wildman–Crippen MR) is 72.3 cm³/mol. The number of hydrogen-bond acceptors (Lipinski definition) is 3. The summed E-state index contributed by atoms with van der Waals surface area (Å²) in [5.41, 5.74) is 1.40. The summed E-state index contributed by atoms with van der Waals surface area (Å²) in [6.45, 7) is 2.53. The molecule has 1 aliphatic rings. The molecule has 0 amide bonds. The molecule has 0 N–H and O–H groups in total. The summed E-state index contributed by atoms with van der Waals surface area (Å²) in [6.07, 6.45) is 9.37. The number of hydrogen-bond donors (Lipinski definition) is 0. The third kappa shape index (κ3) is 4.13. The smallest absolute Gasteiger partial charge is 0.311 e. The van der Waals surface area contributed by atoms with E-state index in [2.05, 4.69) is 13.0 Å². The van der Waals surface area contributed by atoms with E-state index in [4.69, 9.17) is 9.47 Å². The standard InChI is InChI=1S/C15H26O3/c1-4-12-9-7-5-6-8-10-13(12)14(11-17-2)15(16)18-3/h4,13-14H,5-11H2,1-3H3/b12-4-/t13-,14?/m0/s1. The van der Waals surface area contributed by atoms with Crippen LogP contribution in [0.4, 0.5) is 0 Å². The average molecular weight is 254 g/mol. The Balaban J connectivity index is 2.85. The van der Waals surface area contributed by atoms with Crippen LogP contribution in [0.2, 0.25) is 0 Å². The summed E-state index contributed by atoms with van der Waals surface area (Å²) >= 11 is 0. The van der Waals surface area contributed by atoms with Gasteiger partial charge in [0.1, 0.15) is 0 Å². The van der Waals surface area contributed by atoms with Gasteiger partial charge in [-0.25, -0.2) is 0 Å². The van der Waals surface area contributed by atoms with Crippen LogP contribution >= 0.6 is 0 Å². The summed E-state index contributed by atoms with van der Waals surface area (Å²) in [5, 5.41) is 0. The van der Waals surface area contributed by atoms with Crippen LogP contribution in [-0.4, -0.2) is 26.8 Å². The molecule has 104 valence electrons. The normalized spacial score (nSPS) is 25.3. The van der Waals surface area contributed by atoms with Crippen molar-refractivity contribution in [2.75, 3.05) is 20.8 Å². The van der Waals surface area contributed by atoms with Gasteiger partial charge >= 0.3 is 5.97 Å². The SMILES string of the molecule is C/C=C1/CCCCCC[C@@H]1C(COC)C(=O)OC. The Labute approximate surface area is 111 Å². The Morgan fingerprint density at radius 2 is 2.06 bits per heavy atom. The van der Waals surface area contributed by atoms with E-state index in [-0.39, 0.29) is 11.9 Å². The van der Waals surface area contributed by atoms with E-state index >= 15 is 0 Å². The van der Waals surface area contributed by atoms with Gasteiger partial charge in [0.15, 0.2) is 0 Å². The third-order valence-corrected chi connectivity index (χ3v) is 3.91. The van der Waals surface area contributed by atoms with Gasteiger partial charge in [-0.15, -0.1) is 0 Å². The van der Waals surface area contributed by atoms with Crippen LogP contribution in [0, 0.1) is 11.8 Å². The van der Waals surface area contributed by atoms with Gasteiger partial charge in [-0.1, -0.05) is 30.9 Å². The summed E-state index contributed by atoms with van der Waals surface area (Å²) in [4.78, 5) is 11.9. The molecule has 0 aromatic heterocycles. The van der Waals surface area contributed by atoms with Crippen LogP contribution < -0.4 is 0 Å². The molecule has 2 atom stereocenters. The van der Waals surface area contributed by atoms with E-state index in [1.807, 2.05) is 0 Å². The van der Waals surface area contributed by atoms with Crippen LogP contribution in [0.3, 0.4) is 0 Å². The molecule has 0 radical (unpaired) electrons. The fourth-order valence-corrected chi connectivity index (χ4v) is 2.92. The number of carbonyl (C=O) groups excluding carboxylic acids is 1. The molecule has 0 aromatic rings. The monoisotopic (exact) mass is 254 g/mol. The second-order valence-corrected chi connectivity index (χ2v) is 5.01. The summed E-state index contributed by atoms with van der Waals surface area (Å²) in [7, 11) is 3.11. The lowest BCUT2D eigenvalue weighted by molar-refractivity contribution is -0.149. The molecule has 0 spiro atoms. The molecule has 0 aromatic carbocycles. The number of ether oxygens (including phenoxy) is 2. The van der Waals surface area contributed by atoms with Gasteiger partial charge in [-0.3, -0.25) is 4.79 Å². The van der Waals surface area contributed by atoms with Crippen molar-refractivity contribution in [3.05, 3.63) is 11.6 Å². The van der Waals surface area contributed by atoms with Crippen molar-refractivity contribution >= 4 is 5.97 Å². The Morgan fingerprint density at radius 3 is 2.67 bits per heavy atom. The second kappa shape index (κ2) is 8.30. The molecule has 1 aliphatic carbocycles. The zero-order valence-electron chi connectivity index (χ0n) is 11.9. The van der Waals surface area contributed by atoms with Gasteiger partial charge < -0.3 is 9.47 Å². The van der Waals surface area contributed by atoms with Crippen molar-refractivity contribution < 1.29 is 14.3 Å². The molecule has 1 fully saturated rings. The number of allylic oxidation sites excluding steroid dienone is 2. The minimum absolute atomic E-state index is 0.137. The van der Waals surface area contributed by atoms with Crippen molar-refractivity contribution in [2.45, 2.75) is 45.4 Å². The van der Waals surface area contributed by atoms with Gasteiger partial charge in [0, 0.05) is 7.11 Å². The zero-order chi connectivity index (χ0) is 13.4. The van der Waals surface area contributed by atoms with Gasteiger partial charge in [-0.2, -0.15) is 0 Å². The molecule has 0 aliphatic heterocycles. The van der Waals surface area contributed by atoms with Crippen LogP contribution in [-0.2, 0) is 14.3 Å². The molecule has 1 rings (SSSR count). The minimum Gasteiger partial charge on any atom is -0.469 e. The second-order valence-electron chi connectivity index (χ2n) is 5.01. The van der Waals surface area contributed by atoms with Gasteiger partial charge in [0.2, 0.25) is 0 Å². The quantitative estimate of drug-likeness (QED) is 0.570.